The molecule has 0 radical (unpaired) electrons. The number of hydrogen-bond acceptors (Lipinski definition) is 5. The SMILES string of the molecule is CNS(=O)(=O)NC1CCN(CC(=O)NC(C(C)=O)C(C)C)CC1. The van der Waals surface area contributed by atoms with Gasteiger partial charge in [0.2, 0.25) is 5.91 Å². The number of carbonyl (C=O) groups excluding carboxylic acids is 2. The maximum absolute atomic E-state index is 12.1. The molecule has 1 fully saturated rings. The second kappa shape index (κ2) is 8.72. The summed E-state index contributed by atoms with van der Waals surface area (Å²) in [7, 11) is -2.07. The highest BCUT2D eigenvalue weighted by Gasteiger charge is 2.25. The lowest BCUT2D eigenvalue weighted by Crippen LogP contribution is -2.51. The molecule has 1 aliphatic heterocycles. The lowest BCUT2D eigenvalue weighted by molar-refractivity contribution is -0.128. The topological polar surface area (TPSA) is 108 Å². The summed E-state index contributed by atoms with van der Waals surface area (Å²) in [5.41, 5.74) is 0. The van der Waals surface area contributed by atoms with Crippen LogP contribution in [-0.2, 0) is 19.8 Å². The van der Waals surface area contributed by atoms with Crippen LogP contribution < -0.4 is 14.8 Å². The Hall–Kier alpha value is -1.03. The summed E-state index contributed by atoms with van der Waals surface area (Å²) in [6.45, 7) is 6.76. The first kappa shape index (κ1) is 20.0. The monoisotopic (exact) mass is 348 g/mol. The van der Waals surface area contributed by atoms with Crippen molar-refractivity contribution in [3.63, 3.8) is 0 Å². The Bertz CT molecular complexity index is 513. The molecule has 134 valence electrons. The molecule has 1 heterocycles. The molecule has 0 aromatic carbocycles. The Morgan fingerprint density at radius 2 is 1.78 bits per heavy atom. The van der Waals surface area contributed by atoms with Gasteiger partial charge in [-0.25, -0.2) is 4.72 Å². The third-order valence-corrected chi connectivity index (χ3v) is 5.15. The van der Waals surface area contributed by atoms with E-state index in [0.717, 1.165) is 0 Å². The van der Waals surface area contributed by atoms with Gasteiger partial charge in [-0.05, 0) is 25.7 Å². The van der Waals surface area contributed by atoms with Gasteiger partial charge < -0.3 is 5.32 Å². The zero-order chi connectivity index (χ0) is 17.6. The lowest BCUT2D eigenvalue weighted by Gasteiger charge is -2.32. The predicted octanol–water partition coefficient (Wildman–Crippen LogP) is -0.766. The van der Waals surface area contributed by atoms with Gasteiger partial charge in [0, 0.05) is 26.2 Å². The van der Waals surface area contributed by atoms with E-state index in [4.69, 9.17) is 0 Å². The molecule has 1 saturated heterocycles. The van der Waals surface area contributed by atoms with Gasteiger partial charge in [-0.15, -0.1) is 0 Å². The fourth-order valence-electron chi connectivity index (χ4n) is 2.65. The van der Waals surface area contributed by atoms with Crippen LogP contribution in [0.15, 0.2) is 0 Å². The van der Waals surface area contributed by atoms with Gasteiger partial charge in [-0.1, -0.05) is 13.8 Å². The Morgan fingerprint density at radius 1 is 1.22 bits per heavy atom. The Balaban J connectivity index is 2.41. The standard InChI is InChI=1S/C14H28N4O4S/c1-10(2)14(11(3)19)16-13(20)9-18-7-5-12(6-8-18)17-23(21,22)15-4/h10,12,14-15,17H,5-9H2,1-4H3,(H,16,20). The molecule has 1 unspecified atom stereocenters. The van der Waals surface area contributed by atoms with E-state index in [1.54, 1.807) is 0 Å². The predicted molar refractivity (Wildman–Crippen MR) is 88.0 cm³/mol. The fraction of sp³-hybridized carbons (Fsp3) is 0.857. The number of piperidine rings is 1. The van der Waals surface area contributed by atoms with E-state index in [9.17, 15) is 18.0 Å². The zero-order valence-electron chi connectivity index (χ0n) is 14.3. The first-order chi connectivity index (χ1) is 10.6. The summed E-state index contributed by atoms with van der Waals surface area (Å²) >= 11 is 0. The second-order valence-corrected chi connectivity index (χ2v) is 7.93. The zero-order valence-corrected chi connectivity index (χ0v) is 15.1. The molecular formula is C14H28N4O4S. The molecular weight excluding hydrogens is 320 g/mol. The van der Waals surface area contributed by atoms with E-state index < -0.39 is 16.3 Å². The van der Waals surface area contributed by atoms with Gasteiger partial charge in [-0.3, -0.25) is 14.5 Å². The van der Waals surface area contributed by atoms with Crippen molar-refractivity contribution in [1.82, 2.24) is 19.7 Å². The van der Waals surface area contributed by atoms with Crippen LogP contribution >= 0.6 is 0 Å². The van der Waals surface area contributed by atoms with Crippen molar-refractivity contribution in [2.75, 3.05) is 26.7 Å². The Kier molecular flexibility index (Phi) is 7.59. The van der Waals surface area contributed by atoms with Crippen LogP contribution in [0.4, 0.5) is 0 Å². The number of hydrogen-bond donors (Lipinski definition) is 3. The van der Waals surface area contributed by atoms with Crippen LogP contribution in [0.1, 0.15) is 33.6 Å². The maximum atomic E-state index is 12.1. The first-order valence-electron chi connectivity index (χ1n) is 7.87. The number of Topliss-reactive ketones (excluding diaryl/α,β-unsaturated/α-hetero) is 1. The number of ketones is 1. The molecule has 0 saturated carbocycles. The highest BCUT2D eigenvalue weighted by atomic mass is 32.2. The molecule has 0 spiro atoms. The molecule has 1 amide bonds. The second-order valence-electron chi connectivity index (χ2n) is 6.28. The molecule has 1 atom stereocenters. The van der Waals surface area contributed by atoms with Crippen LogP contribution in [0, 0.1) is 5.92 Å². The van der Waals surface area contributed by atoms with Crippen molar-refractivity contribution < 1.29 is 18.0 Å². The summed E-state index contributed by atoms with van der Waals surface area (Å²) in [4.78, 5) is 25.5. The number of amides is 1. The summed E-state index contributed by atoms with van der Waals surface area (Å²) in [5, 5.41) is 2.77. The van der Waals surface area contributed by atoms with Crippen LogP contribution in [0.25, 0.3) is 0 Å². The molecule has 0 aromatic heterocycles. The normalized spacial score (nSPS) is 18.8. The van der Waals surface area contributed by atoms with Crippen molar-refractivity contribution in [2.24, 2.45) is 5.92 Å². The molecule has 23 heavy (non-hydrogen) atoms. The van der Waals surface area contributed by atoms with Crippen molar-refractivity contribution in [3.05, 3.63) is 0 Å². The highest BCUT2D eigenvalue weighted by Crippen LogP contribution is 2.11. The van der Waals surface area contributed by atoms with Gasteiger partial charge in [0.05, 0.1) is 12.6 Å². The van der Waals surface area contributed by atoms with Crippen molar-refractivity contribution in [1.29, 1.82) is 0 Å². The van der Waals surface area contributed by atoms with E-state index in [0.29, 0.717) is 25.9 Å². The minimum Gasteiger partial charge on any atom is -0.345 e. The Morgan fingerprint density at radius 3 is 2.22 bits per heavy atom. The van der Waals surface area contributed by atoms with Crippen LogP contribution in [0.5, 0.6) is 0 Å². The van der Waals surface area contributed by atoms with Gasteiger partial charge in [-0.2, -0.15) is 13.1 Å². The molecule has 0 aromatic rings. The van der Waals surface area contributed by atoms with Gasteiger partial charge >= 0.3 is 0 Å². The molecule has 1 rings (SSSR count). The fourth-order valence-corrected chi connectivity index (χ4v) is 3.44. The van der Waals surface area contributed by atoms with E-state index >= 15 is 0 Å². The van der Waals surface area contributed by atoms with Gasteiger partial charge in [0.1, 0.15) is 0 Å². The molecule has 9 heteroatoms. The van der Waals surface area contributed by atoms with Crippen molar-refractivity contribution >= 4 is 21.9 Å². The van der Waals surface area contributed by atoms with Gasteiger partial charge in [0.15, 0.2) is 5.78 Å². The quantitative estimate of drug-likeness (QED) is 0.534. The van der Waals surface area contributed by atoms with Gasteiger partial charge in [0.25, 0.3) is 10.2 Å². The number of carbonyl (C=O) groups is 2. The van der Waals surface area contributed by atoms with Crippen LogP contribution in [0.2, 0.25) is 0 Å². The minimum atomic E-state index is -3.43. The molecule has 0 bridgehead atoms. The van der Waals surface area contributed by atoms with E-state index in [-0.39, 0.29) is 30.2 Å². The number of nitrogens with one attached hydrogen (secondary N) is 3. The number of rotatable bonds is 8. The van der Waals surface area contributed by atoms with Crippen LogP contribution in [0.3, 0.4) is 0 Å². The van der Waals surface area contributed by atoms with E-state index in [2.05, 4.69) is 14.8 Å². The minimum absolute atomic E-state index is 0.0477. The summed E-state index contributed by atoms with van der Waals surface area (Å²) in [5.74, 6) is -0.167. The average Bonchev–Trinajstić information content (AvgIpc) is 2.46. The van der Waals surface area contributed by atoms with E-state index in [1.165, 1.54) is 14.0 Å². The van der Waals surface area contributed by atoms with Crippen molar-refractivity contribution in [2.45, 2.75) is 45.7 Å². The molecule has 0 aliphatic carbocycles. The molecule has 8 nitrogen and oxygen atoms in total. The third kappa shape index (κ3) is 6.94. The summed E-state index contributed by atoms with van der Waals surface area (Å²) < 4.78 is 27.7. The highest BCUT2D eigenvalue weighted by molar-refractivity contribution is 7.87. The number of likely N-dealkylation sites (tertiary alicyclic amines) is 1. The smallest absolute Gasteiger partial charge is 0.276 e. The van der Waals surface area contributed by atoms with Crippen molar-refractivity contribution in [3.8, 4) is 0 Å². The first-order valence-corrected chi connectivity index (χ1v) is 9.36. The molecule has 1 aliphatic rings. The third-order valence-electron chi connectivity index (χ3n) is 3.97. The number of nitrogens with zero attached hydrogens (tertiary/aromatic N) is 1. The largest absolute Gasteiger partial charge is 0.345 e. The molecule has 3 N–H and O–H groups in total. The summed E-state index contributed by atoms with van der Waals surface area (Å²) in [6.07, 6.45) is 1.29. The maximum Gasteiger partial charge on any atom is 0.276 e. The summed E-state index contributed by atoms with van der Waals surface area (Å²) in [6, 6.07) is -0.574. The Labute approximate surface area is 138 Å². The average molecular weight is 348 g/mol. The van der Waals surface area contributed by atoms with Crippen LogP contribution in [-0.4, -0.2) is 63.8 Å². The lowest BCUT2D eigenvalue weighted by atomic mass is 10.0. The van der Waals surface area contributed by atoms with E-state index in [1.807, 2.05) is 18.7 Å².